The molecule has 1 amide bonds. The highest BCUT2D eigenvalue weighted by Gasteiger charge is 2.11. The first-order valence-corrected chi connectivity index (χ1v) is 7.48. The Kier molecular flexibility index (Phi) is 4.03. The monoisotopic (exact) mass is 304 g/mol. The van der Waals surface area contributed by atoms with Gasteiger partial charge >= 0.3 is 0 Å². The van der Waals surface area contributed by atoms with Crippen molar-refractivity contribution >= 4 is 27.5 Å². The number of carbonyl (C=O) groups is 1. The highest BCUT2D eigenvalue weighted by molar-refractivity contribution is 7.17. The summed E-state index contributed by atoms with van der Waals surface area (Å²) in [5, 5.41) is 4.90. The Bertz CT molecular complexity index is 714. The largest absolute Gasteiger partial charge is 0.383 e. The number of aromatic amines is 1. The van der Waals surface area contributed by atoms with Gasteiger partial charge in [0.05, 0.1) is 35.4 Å². The van der Waals surface area contributed by atoms with E-state index < -0.39 is 0 Å². The number of aromatic nitrogens is 3. The Balaban J connectivity index is 1.63. The molecular formula is C14H16N4O2S. The molecule has 110 valence electrons. The third kappa shape index (κ3) is 2.98. The smallest absolute Gasteiger partial charge is 0.268 e. The van der Waals surface area contributed by atoms with E-state index in [1.54, 1.807) is 31.0 Å². The maximum absolute atomic E-state index is 12.1. The molecule has 0 radical (unpaired) electrons. The second-order valence-electron chi connectivity index (χ2n) is 4.64. The highest BCUT2D eigenvalue weighted by atomic mass is 32.1. The molecule has 7 heteroatoms. The van der Waals surface area contributed by atoms with E-state index in [-0.39, 0.29) is 5.91 Å². The maximum Gasteiger partial charge on any atom is 0.268 e. The van der Waals surface area contributed by atoms with E-state index in [1.807, 2.05) is 22.1 Å². The van der Waals surface area contributed by atoms with Crippen LogP contribution in [0.4, 0.5) is 0 Å². The first-order chi connectivity index (χ1) is 10.3. The number of nitrogens with one attached hydrogen (secondary N) is 2. The average molecular weight is 304 g/mol. The summed E-state index contributed by atoms with van der Waals surface area (Å²) in [6.07, 6.45) is 3.49. The van der Waals surface area contributed by atoms with E-state index in [1.165, 1.54) is 0 Å². The molecule has 0 aliphatic heterocycles. The van der Waals surface area contributed by atoms with Crippen LogP contribution in [0.2, 0.25) is 0 Å². The van der Waals surface area contributed by atoms with Crippen LogP contribution in [-0.2, 0) is 17.8 Å². The van der Waals surface area contributed by atoms with Crippen molar-refractivity contribution in [3.63, 3.8) is 0 Å². The summed E-state index contributed by atoms with van der Waals surface area (Å²) in [4.78, 5) is 19.4. The van der Waals surface area contributed by atoms with Crippen LogP contribution in [0.1, 0.15) is 16.2 Å². The van der Waals surface area contributed by atoms with Gasteiger partial charge in [0, 0.05) is 19.9 Å². The molecule has 0 aromatic carbocycles. The van der Waals surface area contributed by atoms with Crippen LogP contribution in [0, 0.1) is 0 Å². The molecule has 0 saturated heterocycles. The Morgan fingerprint density at radius 1 is 1.57 bits per heavy atom. The SMILES string of the molecule is COCCn1cncc1CNC(=O)c1cc2sccc2[nH]1. The lowest BCUT2D eigenvalue weighted by Gasteiger charge is -2.08. The Labute approximate surface area is 125 Å². The number of ether oxygens (including phenoxy) is 1. The first-order valence-electron chi connectivity index (χ1n) is 6.60. The van der Waals surface area contributed by atoms with Crippen molar-refractivity contribution < 1.29 is 9.53 Å². The van der Waals surface area contributed by atoms with Gasteiger partial charge in [-0.2, -0.15) is 0 Å². The molecule has 6 nitrogen and oxygen atoms in total. The van der Waals surface area contributed by atoms with Crippen molar-refractivity contribution in [2.75, 3.05) is 13.7 Å². The summed E-state index contributed by atoms with van der Waals surface area (Å²) in [6, 6.07) is 3.84. The van der Waals surface area contributed by atoms with Crippen molar-refractivity contribution in [3.8, 4) is 0 Å². The predicted molar refractivity (Wildman–Crippen MR) is 81.4 cm³/mol. The summed E-state index contributed by atoms with van der Waals surface area (Å²) < 4.78 is 8.11. The van der Waals surface area contributed by atoms with E-state index in [0.717, 1.165) is 22.5 Å². The van der Waals surface area contributed by atoms with Gasteiger partial charge in [0.2, 0.25) is 0 Å². The molecule has 3 heterocycles. The molecule has 0 unspecified atom stereocenters. The van der Waals surface area contributed by atoms with E-state index in [9.17, 15) is 4.79 Å². The minimum absolute atomic E-state index is 0.113. The molecule has 3 rings (SSSR count). The van der Waals surface area contributed by atoms with Crippen molar-refractivity contribution in [1.82, 2.24) is 19.9 Å². The number of carbonyl (C=O) groups excluding carboxylic acids is 1. The fraction of sp³-hybridized carbons (Fsp3) is 0.286. The normalized spacial score (nSPS) is 11.1. The average Bonchev–Trinajstić information content (AvgIpc) is 3.17. The number of imidazole rings is 1. The standard InChI is InChI=1S/C14H16N4O2S/c1-20-4-3-18-9-15-7-10(18)8-16-14(19)12-6-13-11(17-12)2-5-21-13/h2,5-7,9,17H,3-4,8H2,1H3,(H,16,19). The Morgan fingerprint density at radius 3 is 3.29 bits per heavy atom. The molecule has 3 aromatic heterocycles. The second-order valence-corrected chi connectivity index (χ2v) is 5.58. The second kappa shape index (κ2) is 6.11. The van der Waals surface area contributed by atoms with Crippen molar-refractivity contribution in [2.24, 2.45) is 0 Å². The van der Waals surface area contributed by atoms with Crippen LogP contribution in [0.5, 0.6) is 0 Å². The van der Waals surface area contributed by atoms with Gasteiger partial charge in [-0.15, -0.1) is 11.3 Å². The lowest BCUT2D eigenvalue weighted by atomic mass is 10.3. The van der Waals surface area contributed by atoms with Gasteiger partial charge in [-0.05, 0) is 17.5 Å². The molecule has 0 atom stereocenters. The summed E-state index contributed by atoms with van der Waals surface area (Å²) in [5.41, 5.74) is 2.53. The molecule has 0 aliphatic carbocycles. The summed E-state index contributed by atoms with van der Waals surface area (Å²) in [5.74, 6) is -0.113. The molecule has 21 heavy (non-hydrogen) atoms. The highest BCUT2D eigenvalue weighted by Crippen LogP contribution is 2.21. The molecule has 0 saturated carbocycles. The van der Waals surface area contributed by atoms with Gasteiger partial charge in [-0.25, -0.2) is 4.98 Å². The quantitative estimate of drug-likeness (QED) is 0.731. The van der Waals surface area contributed by atoms with Gasteiger partial charge in [0.1, 0.15) is 5.69 Å². The number of methoxy groups -OCH3 is 1. The number of H-pyrrole nitrogens is 1. The zero-order valence-electron chi connectivity index (χ0n) is 11.6. The fourth-order valence-electron chi connectivity index (χ4n) is 2.12. The zero-order valence-corrected chi connectivity index (χ0v) is 12.4. The van der Waals surface area contributed by atoms with Crippen molar-refractivity contribution in [2.45, 2.75) is 13.1 Å². The minimum atomic E-state index is -0.113. The number of thiophene rings is 1. The number of nitrogens with zero attached hydrogens (tertiary/aromatic N) is 2. The van der Waals surface area contributed by atoms with E-state index in [2.05, 4.69) is 15.3 Å². The van der Waals surface area contributed by atoms with Gasteiger partial charge in [0.15, 0.2) is 0 Å². The number of amides is 1. The van der Waals surface area contributed by atoms with Gasteiger partial charge in [-0.3, -0.25) is 4.79 Å². The van der Waals surface area contributed by atoms with Crippen LogP contribution in [0.25, 0.3) is 10.2 Å². The summed E-state index contributed by atoms with van der Waals surface area (Å²) >= 11 is 1.61. The van der Waals surface area contributed by atoms with Crippen LogP contribution in [-0.4, -0.2) is 34.2 Å². The topological polar surface area (TPSA) is 71.9 Å². The van der Waals surface area contributed by atoms with Crippen LogP contribution >= 0.6 is 11.3 Å². The predicted octanol–water partition coefficient (Wildman–Crippen LogP) is 2.00. The number of rotatable bonds is 6. The van der Waals surface area contributed by atoms with Crippen molar-refractivity contribution in [3.05, 3.63) is 41.4 Å². The van der Waals surface area contributed by atoms with Gasteiger partial charge in [0.25, 0.3) is 5.91 Å². The molecule has 2 N–H and O–H groups in total. The lowest BCUT2D eigenvalue weighted by Crippen LogP contribution is -2.24. The Morgan fingerprint density at radius 2 is 2.48 bits per heavy atom. The summed E-state index contributed by atoms with van der Waals surface area (Å²) in [6.45, 7) is 1.78. The van der Waals surface area contributed by atoms with Crippen LogP contribution in [0.3, 0.4) is 0 Å². The molecule has 0 bridgehead atoms. The number of hydrogen-bond donors (Lipinski definition) is 2. The van der Waals surface area contributed by atoms with E-state index in [0.29, 0.717) is 18.8 Å². The molecule has 0 aliphatic rings. The third-order valence-corrected chi connectivity index (χ3v) is 4.11. The van der Waals surface area contributed by atoms with Crippen LogP contribution in [0.15, 0.2) is 30.0 Å². The van der Waals surface area contributed by atoms with E-state index >= 15 is 0 Å². The number of fused-ring (bicyclic) bond motifs is 1. The number of hydrogen-bond acceptors (Lipinski definition) is 4. The molecule has 3 aromatic rings. The molecule has 0 fully saturated rings. The fourth-order valence-corrected chi connectivity index (χ4v) is 2.91. The van der Waals surface area contributed by atoms with Crippen LogP contribution < -0.4 is 5.32 Å². The van der Waals surface area contributed by atoms with Gasteiger partial charge < -0.3 is 19.6 Å². The maximum atomic E-state index is 12.1. The van der Waals surface area contributed by atoms with Gasteiger partial charge in [-0.1, -0.05) is 0 Å². The third-order valence-electron chi connectivity index (χ3n) is 3.25. The Hall–Kier alpha value is -2.12. The van der Waals surface area contributed by atoms with E-state index in [4.69, 9.17) is 4.74 Å². The first kappa shape index (κ1) is 13.8. The molecule has 0 spiro atoms. The minimum Gasteiger partial charge on any atom is -0.383 e. The molecular weight excluding hydrogens is 288 g/mol. The lowest BCUT2D eigenvalue weighted by molar-refractivity contribution is 0.0945. The zero-order chi connectivity index (χ0) is 14.7. The summed E-state index contributed by atoms with van der Waals surface area (Å²) in [7, 11) is 1.66. The van der Waals surface area contributed by atoms with Crippen molar-refractivity contribution in [1.29, 1.82) is 0 Å².